The van der Waals surface area contributed by atoms with Gasteiger partial charge >= 0.3 is 29.6 Å². The van der Waals surface area contributed by atoms with E-state index in [-0.39, 0.29) is 46.5 Å². The molecule has 2 aliphatic heterocycles. The first-order valence-corrected chi connectivity index (χ1v) is 6.30. The van der Waals surface area contributed by atoms with Crippen LogP contribution in [0.25, 0.3) is 6.08 Å². The summed E-state index contributed by atoms with van der Waals surface area (Å²) in [6, 6.07) is 9.47. The molecule has 4 nitrogen and oxygen atoms in total. The monoisotopic (exact) mass is 281 g/mol. The van der Waals surface area contributed by atoms with Crippen molar-refractivity contribution in [3.05, 3.63) is 52.6 Å². The minimum absolute atomic E-state index is 0. The average Bonchev–Trinajstić information content (AvgIpc) is 2.77. The fourth-order valence-electron chi connectivity index (χ4n) is 1.99. The quantitative estimate of drug-likeness (QED) is 0.344. The smallest absolute Gasteiger partial charge is 0.543 e. The third-order valence-electron chi connectivity index (χ3n) is 2.87. The Morgan fingerprint density at radius 3 is 2.63 bits per heavy atom. The summed E-state index contributed by atoms with van der Waals surface area (Å²) in [6.45, 7) is 0. The number of fused-ring (bicyclic) bond motifs is 1. The van der Waals surface area contributed by atoms with Gasteiger partial charge in [-0.15, -0.1) is 11.8 Å². The molecule has 0 aliphatic carbocycles. The van der Waals surface area contributed by atoms with E-state index in [0.29, 0.717) is 5.57 Å². The average molecular weight is 281 g/mol. The van der Waals surface area contributed by atoms with Crippen LogP contribution in [0.1, 0.15) is 5.56 Å². The van der Waals surface area contributed by atoms with E-state index in [1.807, 2.05) is 30.3 Å². The number of hydrogen-bond acceptors (Lipinski definition) is 4. The van der Waals surface area contributed by atoms with Gasteiger partial charge in [0.15, 0.2) is 0 Å². The standard InChI is InChI=1S/C13H9NO3S.Na/c15-11-9(6-8-4-2-1-3-5-8)12-14(11)10(7-18-12)13(16)17;/h1-7,12H,(H,16,17);/q;+1/p-1/b9-6-;/t12-;/m1./s1. The summed E-state index contributed by atoms with van der Waals surface area (Å²) in [5.74, 6) is -1.57. The SMILES string of the molecule is O=C([O-])C1=CS[C@@H]2/C(=C\c3ccccc3)C(=O)N12.[Na+]. The van der Waals surface area contributed by atoms with Crippen LogP contribution in [0.2, 0.25) is 0 Å². The molecule has 2 aliphatic rings. The molecule has 0 radical (unpaired) electrons. The Kier molecular flexibility index (Phi) is 4.20. The maximum Gasteiger partial charge on any atom is 1.00 e. The fourth-order valence-corrected chi connectivity index (χ4v) is 3.10. The molecular formula is C13H8NNaO3S. The van der Waals surface area contributed by atoms with Crippen molar-refractivity contribution in [3.8, 4) is 0 Å². The molecule has 1 atom stereocenters. The maximum atomic E-state index is 11.9. The number of thioether (sulfide) groups is 1. The molecule has 1 aromatic rings. The Labute approximate surface area is 136 Å². The second-order valence-electron chi connectivity index (χ2n) is 3.96. The molecular weight excluding hydrogens is 273 g/mol. The van der Waals surface area contributed by atoms with Gasteiger partial charge in [0, 0.05) is 0 Å². The van der Waals surface area contributed by atoms with Gasteiger partial charge in [-0.05, 0) is 17.0 Å². The van der Waals surface area contributed by atoms with E-state index in [1.54, 1.807) is 6.08 Å². The van der Waals surface area contributed by atoms with Crippen LogP contribution in [0.3, 0.4) is 0 Å². The number of carbonyl (C=O) groups excluding carboxylic acids is 2. The molecule has 2 heterocycles. The molecule has 0 bridgehead atoms. The van der Waals surface area contributed by atoms with E-state index < -0.39 is 5.97 Å². The third-order valence-corrected chi connectivity index (χ3v) is 3.95. The molecule has 90 valence electrons. The number of nitrogens with zero attached hydrogens (tertiary/aromatic N) is 1. The second-order valence-corrected chi connectivity index (χ2v) is 4.92. The van der Waals surface area contributed by atoms with Gasteiger partial charge < -0.3 is 9.90 Å². The minimum Gasteiger partial charge on any atom is -0.543 e. The molecule has 3 rings (SSSR count). The van der Waals surface area contributed by atoms with Crippen molar-refractivity contribution in [2.45, 2.75) is 5.37 Å². The van der Waals surface area contributed by atoms with Crippen LogP contribution in [0.15, 0.2) is 47.0 Å². The number of amides is 1. The number of β-lactam (4-membered cyclic amide) rings is 1. The summed E-state index contributed by atoms with van der Waals surface area (Å²) in [5, 5.41) is 12.0. The van der Waals surface area contributed by atoms with Crippen molar-refractivity contribution in [2.75, 3.05) is 0 Å². The summed E-state index contributed by atoms with van der Waals surface area (Å²) in [5.41, 5.74) is 1.52. The predicted molar refractivity (Wildman–Crippen MR) is 65.7 cm³/mol. The van der Waals surface area contributed by atoms with Gasteiger partial charge in [0.2, 0.25) is 0 Å². The topological polar surface area (TPSA) is 60.4 Å². The Morgan fingerprint density at radius 2 is 2.00 bits per heavy atom. The van der Waals surface area contributed by atoms with Crippen molar-refractivity contribution in [3.63, 3.8) is 0 Å². The molecule has 0 aromatic heterocycles. The van der Waals surface area contributed by atoms with E-state index in [9.17, 15) is 14.7 Å². The van der Waals surface area contributed by atoms with Gasteiger partial charge in [0.25, 0.3) is 5.91 Å². The molecule has 0 N–H and O–H groups in total. The first-order chi connectivity index (χ1) is 8.68. The Morgan fingerprint density at radius 1 is 1.32 bits per heavy atom. The first-order valence-electron chi connectivity index (χ1n) is 5.35. The maximum absolute atomic E-state index is 11.9. The van der Waals surface area contributed by atoms with Crippen LogP contribution in [0.5, 0.6) is 0 Å². The van der Waals surface area contributed by atoms with Crippen molar-refractivity contribution >= 4 is 29.7 Å². The fraction of sp³-hybridized carbons (Fsp3) is 0.0769. The number of rotatable bonds is 2. The van der Waals surface area contributed by atoms with E-state index in [2.05, 4.69) is 0 Å². The van der Waals surface area contributed by atoms with Crippen molar-refractivity contribution in [1.29, 1.82) is 0 Å². The molecule has 19 heavy (non-hydrogen) atoms. The zero-order valence-electron chi connectivity index (χ0n) is 10.2. The molecule has 0 unspecified atom stereocenters. The number of benzene rings is 1. The van der Waals surface area contributed by atoms with Gasteiger partial charge in [-0.3, -0.25) is 9.69 Å². The summed E-state index contributed by atoms with van der Waals surface area (Å²) in [6.07, 6.45) is 1.79. The molecule has 1 saturated heterocycles. The summed E-state index contributed by atoms with van der Waals surface area (Å²) >= 11 is 1.31. The van der Waals surface area contributed by atoms with Crippen LogP contribution in [-0.4, -0.2) is 22.2 Å². The first kappa shape index (κ1) is 14.4. The Hall–Kier alpha value is -1.01. The number of hydrogen-bond donors (Lipinski definition) is 0. The number of carboxylic acids is 1. The predicted octanol–water partition coefficient (Wildman–Crippen LogP) is -2.42. The van der Waals surface area contributed by atoms with Gasteiger partial charge in [0.1, 0.15) is 5.37 Å². The van der Waals surface area contributed by atoms with E-state index >= 15 is 0 Å². The number of aliphatic carboxylic acids is 1. The number of carbonyl (C=O) groups is 2. The zero-order valence-corrected chi connectivity index (χ0v) is 13.0. The molecule has 1 amide bonds. The summed E-state index contributed by atoms with van der Waals surface area (Å²) in [7, 11) is 0. The summed E-state index contributed by atoms with van der Waals surface area (Å²) < 4.78 is 0. The van der Waals surface area contributed by atoms with Crippen LogP contribution in [0.4, 0.5) is 0 Å². The van der Waals surface area contributed by atoms with Gasteiger partial charge in [-0.1, -0.05) is 30.3 Å². The van der Waals surface area contributed by atoms with Gasteiger partial charge in [-0.2, -0.15) is 0 Å². The van der Waals surface area contributed by atoms with E-state index in [0.717, 1.165) is 5.56 Å². The van der Waals surface area contributed by atoms with E-state index in [4.69, 9.17) is 0 Å². The van der Waals surface area contributed by atoms with Gasteiger partial charge in [0.05, 0.1) is 17.2 Å². The summed E-state index contributed by atoms with van der Waals surface area (Å²) in [4.78, 5) is 23.9. The van der Waals surface area contributed by atoms with Crippen LogP contribution < -0.4 is 34.7 Å². The molecule has 1 aromatic carbocycles. The van der Waals surface area contributed by atoms with E-state index in [1.165, 1.54) is 22.1 Å². The molecule has 0 saturated carbocycles. The normalized spacial score (nSPS) is 22.4. The van der Waals surface area contributed by atoms with Crippen molar-refractivity contribution in [1.82, 2.24) is 4.90 Å². The van der Waals surface area contributed by atoms with Crippen molar-refractivity contribution < 1.29 is 44.3 Å². The van der Waals surface area contributed by atoms with Crippen LogP contribution in [-0.2, 0) is 9.59 Å². The second kappa shape index (κ2) is 5.54. The largest absolute Gasteiger partial charge is 1.00 e. The minimum atomic E-state index is -1.31. The van der Waals surface area contributed by atoms with Crippen LogP contribution in [0, 0.1) is 0 Å². The van der Waals surface area contributed by atoms with Gasteiger partial charge in [-0.25, -0.2) is 0 Å². The molecule has 0 spiro atoms. The molecule has 1 fully saturated rings. The Balaban J connectivity index is 0.00000133. The van der Waals surface area contributed by atoms with Crippen LogP contribution >= 0.6 is 11.8 Å². The zero-order chi connectivity index (χ0) is 12.7. The third kappa shape index (κ3) is 2.39. The number of carboxylic acid groups (broad SMARTS) is 1. The molecule has 6 heteroatoms. The van der Waals surface area contributed by atoms with Crippen molar-refractivity contribution in [2.24, 2.45) is 0 Å². The Bertz CT molecular complexity index is 597.